The molecule has 0 aliphatic heterocycles. The second-order valence-corrected chi connectivity index (χ2v) is 4.98. The lowest BCUT2D eigenvalue weighted by Gasteiger charge is -2.39. The van der Waals surface area contributed by atoms with Crippen LogP contribution in [0.1, 0.15) is 44.7 Å². The van der Waals surface area contributed by atoms with Gasteiger partial charge in [-0.1, -0.05) is 26.2 Å². The third-order valence-electron chi connectivity index (χ3n) is 3.52. The normalized spacial score (nSPS) is 33.1. The Morgan fingerprint density at radius 1 is 1.64 bits per heavy atom. The topological polar surface area (TPSA) is 38.9 Å². The van der Waals surface area contributed by atoms with Crippen LogP contribution in [0.25, 0.3) is 0 Å². The highest BCUT2D eigenvalue weighted by molar-refractivity contribution is 7.07. The van der Waals surface area contributed by atoms with Crippen LogP contribution in [0.15, 0.2) is 10.9 Å². The van der Waals surface area contributed by atoms with Gasteiger partial charge in [0.2, 0.25) is 0 Å². The van der Waals surface area contributed by atoms with E-state index < -0.39 is 0 Å². The second kappa shape index (κ2) is 3.99. The Bertz CT molecular complexity index is 283. The average molecular weight is 210 g/mol. The zero-order valence-electron chi connectivity index (χ0n) is 8.70. The van der Waals surface area contributed by atoms with Crippen molar-refractivity contribution >= 4 is 11.3 Å². The van der Waals surface area contributed by atoms with E-state index in [9.17, 15) is 0 Å². The van der Waals surface area contributed by atoms with Crippen molar-refractivity contribution < 1.29 is 0 Å². The van der Waals surface area contributed by atoms with Crippen LogP contribution in [0.5, 0.6) is 0 Å². The van der Waals surface area contributed by atoms with Gasteiger partial charge in [-0.05, 0) is 18.8 Å². The summed E-state index contributed by atoms with van der Waals surface area (Å²) in [4.78, 5) is 4.40. The van der Waals surface area contributed by atoms with E-state index in [4.69, 9.17) is 5.73 Å². The van der Waals surface area contributed by atoms with Gasteiger partial charge in [-0.25, -0.2) is 4.98 Å². The summed E-state index contributed by atoms with van der Waals surface area (Å²) < 4.78 is 0. The highest BCUT2D eigenvalue weighted by Crippen LogP contribution is 2.40. The molecular formula is C11H18N2S. The maximum atomic E-state index is 6.52. The van der Waals surface area contributed by atoms with Crippen LogP contribution in [0.4, 0.5) is 0 Å². The molecule has 1 fully saturated rings. The third-order valence-corrected chi connectivity index (χ3v) is 4.11. The van der Waals surface area contributed by atoms with E-state index in [1.165, 1.54) is 25.7 Å². The SMILES string of the molecule is CCC1CCCCC1(N)c1cscn1. The summed E-state index contributed by atoms with van der Waals surface area (Å²) in [7, 11) is 0. The minimum Gasteiger partial charge on any atom is -0.320 e. The molecule has 1 heterocycles. The lowest BCUT2D eigenvalue weighted by molar-refractivity contribution is 0.180. The second-order valence-electron chi connectivity index (χ2n) is 4.27. The zero-order valence-corrected chi connectivity index (χ0v) is 9.52. The molecule has 2 nitrogen and oxygen atoms in total. The van der Waals surface area contributed by atoms with Crippen LogP contribution in [-0.2, 0) is 5.54 Å². The molecule has 1 aliphatic rings. The summed E-state index contributed by atoms with van der Waals surface area (Å²) in [5.74, 6) is 0.623. The highest BCUT2D eigenvalue weighted by Gasteiger charge is 2.38. The van der Waals surface area contributed by atoms with Gasteiger partial charge in [0.1, 0.15) is 0 Å². The minimum atomic E-state index is -0.132. The standard InChI is InChI=1S/C11H18N2S/c1-2-9-5-3-4-6-11(9,12)10-7-14-8-13-10/h7-9H,2-6,12H2,1H3. The number of nitrogens with zero attached hydrogens (tertiary/aromatic N) is 1. The molecule has 1 aliphatic carbocycles. The molecular weight excluding hydrogens is 192 g/mol. The third kappa shape index (κ3) is 1.59. The first-order valence-electron chi connectivity index (χ1n) is 5.45. The maximum Gasteiger partial charge on any atom is 0.0795 e. The Morgan fingerprint density at radius 3 is 3.14 bits per heavy atom. The molecule has 0 radical (unpaired) electrons. The molecule has 3 heteroatoms. The maximum absolute atomic E-state index is 6.52. The first kappa shape index (κ1) is 10.1. The summed E-state index contributed by atoms with van der Waals surface area (Å²) in [5.41, 5.74) is 9.41. The van der Waals surface area contributed by atoms with Gasteiger partial charge < -0.3 is 5.73 Å². The Hall–Kier alpha value is -0.410. The molecule has 2 N–H and O–H groups in total. The first-order chi connectivity index (χ1) is 6.77. The fourth-order valence-corrected chi connectivity index (χ4v) is 3.26. The average Bonchev–Trinajstić information content (AvgIpc) is 2.72. The number of nitrogens with two attached hydrogens (primary N) is 1. The van der Waals surface area contributed by atoms with Crippen molar-refractivity contribution in [1.82, 2.24) is 4.98 Å². The van der Waals surface area contributed by atoms with Crippen molar-refractivity contribution in [3.05, 3.63) is 16.6 Å². The van der Waals surface area contributed by atoms with Gasteiger partial charge in [-0.3, -0.25) is 0 Å². The Balaban J connectivity index is 2.27. The van der Waals surface area contributed by atoms with Gasteiger partial charge in [-0.15, -0.1) is 11.3 Å². The highest BCUT2D eigenvalue weighted by atomic mass is 32.1. The predicted molar refractivity (Wildman–Crippen MR) is 60.2 cm³/mol. The lowest BCUT2D eigenvalue weighted by Crippen LogP contribution is -2.46. The van der Waals surface area contributed by atoms with Crippen LogP contribution < -0.4 is 5.73 Å². The van der Waals surface area contributed by atoms with Gasteiger partial charge >= 0.3 is 0 Å². The molecule has 0 spiro atoms. The van der Waals surface area contributed by atoms with E-state index in [-0.39, 0.29) is 5.54 Å². The van der Waals surface area contributed by atoms with Crippen molar-refractivity contribution in [1.29, 1.82) is 0 Å². The molecule has 0 bridgehead atoms. The summed E-state index contributed by atoms with van der Waals surface area (Å²) in [6.07, 6.45) is 6.14. The minimum absolute atomic E-state index is 0.132. The van der Waals surface area contributed by atoms with Crippen molar-refractivity contribution in [2.24, 2.45) is 11.7 Å². The van der Waals surface area contributed by atoms with Crippen molar-refractivity contribution in [3.8, 4) is 0 Å². The lowest BCUT2D eigenvalue weighted by atomic mass is 9.70. The zero-order chi connectivity index (χ0) is 10.0. The fourth-order valence-electron chi connectivity index (χ4n) is 2.62. The van der Waals surface area contributed by atoms with Gasteiger partial charge in [0.05, 0.1) is 16.7 Å². The Labute approximate surface area is 89.5 Å². The number of aromatic nitrogens is 1. The van der Waals surface area contributed by atoms with Gasteiger partial charge in [0.15, 0.2) is 0 Å². The van der Waals surface area contributed by atoms with E-state index in [2.05, 4.69) is 17.3 Å². The number of rotatable bonds is 2. The quantitative estimate of drug-likeness (QED) is 0.815. The van der Waals surface area contributed by atoms with E-state index >= 15 is 0 Å². The van der Waals surface area contributed by atoms with E-state index in [1.54, 1.807) is 11.3 Å². The monoisotopic (exact) mass is 210 g/mol. The Morgan fingerprint density at radius 2 is 2.50 bits per heavy atom. The predicted octanol–water partition coefficient (Wildman–Crippen LogP) is 2.90. The van der Waals surface area contributed by atoms with Gasteiger partial charge in [-0.2, -0.15) is 0 Å². The van der Waals surface area contributed by atoms with E-state index in [1.807, 2.05) is 5.51 Å². The van der Waals surface area contributed by atoms with Crippen molar-refractivity contribution in [2.45, 2.75) is 44.6 Å². The number of thiazole rings is 1. The summed E-state index contributed by atoms with van der Waals surface area (Å²) in [6.45, 7) is 2.24. The molecule has 1 saturated carbocycles. The van der Waals surface area contributed by atoms with Crippen LogP contribution >= 0.6 is 11.3 Å². The largest absolute Gasteiger partial charge is 0.320 e. The van der Waals surface area contributed by atoms with Crippen LogP contribution in [0.3, 0.4) is 0 Å². The molecule has 1 aromatic heterocycles. The molecule has 0 aromatic carbocycles. The van der Waals surface area contributed by atoms with Crippen molar-refractivity contribution in [2.75, 3.05) is 0 Å². The molecule has 1 aromatic rings. The molecule has 14 heavy (non-hydrogen) atoms. The van der Waals surface area contributed by atoms with Crippen LogP contribution in [0, 0.1) is 5.92 Å². The molecule has 0 saturated heterocycles. The van der Waals surface area contributed by atoms with Gasteiger partial charge in [0.25, 0.3) is 0 Å². The van der Waals surface area contributed by atoms with Crippen LogP contribution in [-0.4, -0.2) is 4.98 Å². The smallest absolute Gasteiger partial charge is 0.0795 e. The Kier molecular flexibility index (Phi) is 2.88. The summed E-state index contributed by atoms with van der Waals surface area (Å²) in [5, 5.41) is 2.12. The number of hydrogen-bond acceptors (Lipinski definition) is 3. The molecule has 0 amide bonds. The first-order valence-corrected chi connectivity index (χ1v) is 6.39. The fraction of sp³-hybridized carbons (Fsp3) is 0.727. The van der Waals surface area contributed by atoms with Crippen LogP contribution in [0.2, 0.25) is 0 Å². The molecule has 2 rings (SSSR count). The molecule has 2 atom stereocenters. The summed E-state index contributed by atoms with van der Waals surface area (Å²) in [6, 6.07) is 0. The van der Waals surface area contributed by atoms with Crippen molar-refractivity contribution in [3.63, 3.8) is 0 Å². The van der Waals surface area contributed by atoms with E-state index in [0.29, 0.717) is 5.92 Å². The summed E-state index contributed by atoms with van der Waals surface area (Å²) >= 11 is 1.65. The number of hydrogen-bond donors (Lipinski definition) is 1. The van der Waals surface area contributed by atoms with Gasteiger partial charge in [0, 0.05) is 5.38 Å². The van der Waals surface area contributed by atoms with E-state index in [0.717, 1.165) is 12.1 Å². The molecule has 2 unspecified atom stereocenters. The molecule has 78 valence electrons.